The summed E-state index contributed by atoms with van der Waals surface area (Å²) >= 11 is 0. The van der Waals surface area contributed by atoms with Gasteiger partial charge in [0, 0.05) is 6.21 Å². The first-order valence-electron chi connectivity index (χ1n) is 4.95. The Kier molecular flexibility index (Phi) is 5.46. The highest BCUT2D eigenvalue weighted by atomic mass is 28.4. The second-order valence-electron chi connectivity index (χ2n) is 4.27. The molecule has 0 radical (unpaired) electrons. The summed E-state index contributed by atoms with van der Waals surface area (Å²) in [6.45, 7) is 16.1. The molecule has 0 aliphatic heterocycles. The largest absolute Gasteiger partial charge is 0.532 e. The molecule has 14 heavy (non-hydrogen) atoms. The Labute approximate surface area is 88.5 Å². The van der Waals surface area contributed by atoms with Crippen LogP contribution in [0.3, 0.4) is 0 Å². The van der Waals surface area contributed by atoms with Gasteiger partial charge < -0.3 is 4.43 Å². The van der Waals surface area contributed by atoms with Crippen LogP contribution in [0.25, 0.3) is 0 Å². The lowest BCUT2D eigenvalue weighted by atomic mass is 10.2. The third-order valence-corrected chi connectivity index (χ3v) is 2.23. The molecular formula is C11H21NOSi. The molecule has 0 spiro atoms. The van der Waals surface area contributed by atoms with Crippen molar-refractivity contribution in [3.63, 3.8) is 0 Å². The first kappa shape index (κ1) is 13.2. The minimum atomic E-state index is -1.55. The number of allylic oxidation sites excluding steroid dienone is 1. The molecule has 0 heterocycles. The van der Waals surface area contributed by atoms with Crippen molar-refractivity contribution < 1.29 is 4.43 Å². The van der Waals surface area contributed by atoms with E-state index in [9.17, 15) is 0 Å². The van der Waals surface area contributed by atoms with Gasteiger partial charge in [0.1, 0.15) is 0 Å². The molecule has 0 aromatic rings. The maximum absolute atomic E-state index is 5.57. The molecule has 0 saturated carbocycles. The third-order valence-electron chi connectivity index (χ3n) is 1.39. The van der Waals surface area contributed by atoms with Gasteiger partial charge >= 0.3 is 0 Å². The molecule has 0 bridgehead atoms. The van der Waals surface area contributed by atoms with Gasteiger partial charge in [0.25, 0.3) is 0 Å². The van der Waals surface area contributed by atoms with Crippen LogP contribution in [-0.2, 0) is 4.43 Å². The predicted octanol–water partition coefficient (Wildman–Crippen LogP) is 3.74. The van der Waals surface area contributed by atoms with Crippen molar-refractivity contribution in [2.24, 2.45) is 4.99 Å². The number of aliphatic imine (C=N–C) groups is 1. The molecule has 0 rings (SSSR count). The van der Waals surface area contributed by atoms with Gasteiger partial charge in [0.15, 0.2) is 5.88 Å². The normalized spacial score (nSPS) is 11.7. The van der Waals surface area contributed by atoms with E-state index in [2.05, 4.69) is 44.7 Å². The van der Waals surface area contributed by atoms with E-state index < -0.39 is 8.32 Å². The highest BCUT2D eigenvalue weighted by Crippen LogP contribution is 2.09. The van der Waals surface area contributed by atoms with Crippen molar-refractivity contribution in [2.45, 2.75) is 39.4 Å². The van der Waals surface area contributed by atoms with Crippen molar-refractivity contribution in [3.05, 3.63) is 24.6 Å². The fourth-order valence-corrected chi connectivity index (χ4v) is 1.69. The molecule has 0 aliphatic rings. The zero-order valence-electron chi connectivity index (χ0n) is 9.76. The standard InChI is InChI=1S/C11H21NOSi/c1-7-8-10(2)9-12-11(3)13-14(4,5)6/h9H,2-3,7-8H2,1,4-6H3. The fraction of sp³-hybridized carbons (Fsp3) is 0.545. The first-order chi connectivity index (χ1) is 6.35. The van der Waals surface area contributed by atoms with Crippen LogP contribution in [0.15, 0.2) is 29.6 Å². The number of nitrogens with zero attached hydrogens (tertiary/aromatic N) is 1. The molecule has 0 saturated heterocycles. The summed E-state index contributed by atoms with van der Waals surface area (Å²) < 4.78 is 5.57. The summed E-state index contributed by atoms with van der Waals surface area (Å²) in [4.78, 5) is 4.12. The molecule has 0 N–H and O–H groups in total. The molecule has 2 nitrogen and oxygen atoms in total. The highest BCUT2D eigenvalue weighted by molar-refractivity contribution is 6.70. The minimum absolute atomic E-state index is 0.501. The monoisotopic (exact) mass is 211 g/mol. The Morgan fingerprint density at radius 3 is 2.36 bits per heavy atom. The second-order valence-corrected chi connectivity index (χ2v) is 8.70. The van der Waals surface area contributed by atoms with Crippen LogP contribution < -0.4 is 0 Å². The van der Waals surface area contributed by atoms with E-state index in [-0.39, 0.29) is 0 Å². The van der Waals surface area contributed by atoms with Crippen molar-refractivity contribution in [2.75, 3.05) is 0 Å². The molecule has 0 fully saturated rings. The Hall–Kier alpha value is -0.833. The van der Waals surface area contributed by atoms with Gasteiger partial charge in [-0.1, -0.05) is 19.9 Å². The van der Waals surface area contributed by atoms with Crippen LogP contribution in [0.2, 0.25) is 19.6 Å². The van der Waals surface area contributed by atoms with E-state index in [1.807, 2.05) is 0 Å². The van der Waals surface area contributed by atoms with Crippen LogP contribution in [0.4, 0.5) is 0 Å². The molecule has 0 atom stereocenters. The van der Waals surface area contributed by atoms with Crippen molar-refractivity contribution in [1.29, 1.82) is 0 Å². The van der Waals surface area contributed by atoms with Gasteiger partial charge in [0.05, 0.1) is 0 Å². The highest BCUT2D eigenvalue weighted by Gasteiger charge is 2.15. The SMILES string of the molecule is C=C(C=NC(=C)O[Si](C)(C)C)CCC. The predicted molar refractivity (Wildman–Crippen MR) is 66.1 cm³/mol. The molecule has 0 aliphatic carbocycles. The van der Waals surface area contributed by atoms with Gasteiger partial charge in [-0.3, -0.25) is 0 Å². The summed E-state index contributed by atoms with van der Waals surface area (Å²) in [5.74, 6) is 0.501. The topological polar surface area (TPSA) is 21.6 Å². The first-order valence-corrected chi connectivity index (χ1v) is 8.35. The Morgan fingerprint density at radius 2 is 1.93 bits per heavy atom. The molecule has 0 amide bonds. The zero-order chi connectivity index (χ0) is 11.2. The van der Waals surface area contributed by atoms with Crippen molar-refractivity contribution >= 4 is 14.5 Å². The van der Waals surface area contributed by atoms with Crippen LogP contribution in [0.1, 0.15) is 19.8 Å². The lowest BCUT2D eigenvalue weighted by Crippen LogP contribution is -2.24. The van der Waals surface area contributed by atoms with Crippen molar-refractivity contribution in [1.82, 2.24) is 0 Å². The number of hydrogen-bond donors (Lipinski definition) is 0. The summed E-state index contributed by atoms with van der Waals surface area (Å²) in [7, 11) is -1.55. The average Bonchev–Trinajstić information content (AvgIpc) is 1.98. The Balaban J connectivity index is 4.00. The van der Waals surface area contributed by atoms with E-state index in [0.29, 0.717) is 5.88 Å². The van der Waals surface area contributed by atoms with Crippen LogP contribution in [0, 0.1) is 0 Å². The van der Waals surface area contributed by atoms with Gasteiger partial charge in [-0.05, 0) is 38.2 Å². The zero-order valence-corrected chi connectivity index (χ0v) is 10.8. The lowest BCUT2D eigenvalue weighted by molar-refractivity contribution is 0.421. The summed E-state index contributed by atoms with van der Waals surface area (Å²) in [5, 5.41) is 0. The molecular weight excluding hydrogens is 190 g/mol. The van der Waals surface area contributed by atoms with E-state index >= 15 is 0 Å². The summed E-state index contributed by atoms with van der Waals surface area (Å²) in [6, 6.07) is 0. The maximum Gasteiger partial charge on any atom is 0.244 e. The fourth-order valence-electron chi connectivity index (χ4n) is 0.929. The summed E-state index contributed by atoms with van der Waals surface area (Å²) in [6.07, 6.45) is 3.81. The van der Waals surface area contributed by atoms with E-state index in [0.717, 1.165) is 18.4 Å². The van der Waals surface area contributed by atoms with Crippen LogP contribution in [0.5, 0.6) is 0 Å². The van der Waals surface area contributed by atoms with E-state index in [1.165, 1.54) is 0 Å². The second kappa shape index (κ2) is 5.80. The van der Waals surface area contributed by atoms with Crippen LogP contribution >= 0.6 is 0 Å². The Morgan fingerprint density at radius 1 is 1.36 bits per heavy atom. The molecule has 3 heteroatoms. The molecule has 0 aromatic heterocycles. The number of rotatable bonds is 6. The number of hydrogen-bond acceptors (Lipinski definition) is 2. The smallest absolute Gasteiger partial charge is 0.244 e. The molecule has 0 unspecified atom stereocenters. The quantitative estimate of drug-likeness (QED) is 0.372. The van der Waals surface area contributed by atoms with Gasteiger partial charge in [-0.25, -0.2) is 4.99 Å². The van der Waals surface area contributed by atoms with E-state index in [1.54, 1.807) is 6.21 Å². The lowest BCUT2D eigenvalue weighted by Gasteiger charge is -2.17. The Bertz CT molecular complexity index is 238. The minimum Gasteiger partial charge on any atom is -0.532 e. The average molecular weight is 211 g/mol. The maximum atomic E-state index is 5.57. The van der Waals surface area contributed by atoms with Gasteiger partial charge in [-0.2, -0.15) is 0 Å². The van der Waals surface area contributed by atoms with Gasteiger partial charge in [-0.15, -0.1) is 0 Å². The van der Waals surface area contributed by atoms with Crippen LogP contribution in [-0.4, -0.2) is 14.5 Å². The van der Waals surface area contributed by atoms with E-state index in [4.69, 9.17) is 4.43 Å². The molecule has 80 valence electrons. The third kappa shape index (κ3) is 7.80. The summed E-state index contributed by atoms with van der Waals surface area (Å²) in [5.41, 5.74) is 1.02. The van der Waals surface area contributed by atoms with Crippen molar-refractivity contribution in [3.8, 4) is 0 Å². The van der Waals surface area contributed by atoms with Gasteiger partial charge in [0.2, 0.25) is 8.32 Å². The molecule has 0 aromatic carbocycles.